The molecule has 698 valence electrons. The number of nitrogens with zero attached hydrogens (tertiary/aromatic N) is 9. The van der Waals surface area contributed by atoms with Crippen molar-refractivity contribution < 1.29 is 112 Å². The molecule has 20 aromatic rings. The van der Waals surface area contributed by atoms with E-state index in [1.807, 2.05) is 200 Å². The van der Waals surface area contributed by atoms with E-state index in [1.165, 1.54) is 50.9 Å². The standard InChI is InChI=1S/C22H20NS.C17H10NS.C12H8NO.C12H13N.C12H7S.C11H10N.C11H8N.C11H9N.C6H7N.C5H5N.2CH4.4Ir/c1-2-8-17(7-1)19-13-14-21(23-15-19)20-11-4-3-9-18-10-5-6-12-22(18)24-16-20;1-2-10-16-12(6-1)13-7-5-8-14(17(13)19-16)15-9-3-4-11-18-15;1-8-6-7-10-9-4-2-3-5-11(9)14-12(10)13-8;1-3-10(2)9-12(13)11-7-5-4-6-8-11;1-3-7-11-9(5-1)10-6-2-4-8-12(10)13-11;2*1-2-6-10(7-3-1)11-8-4-5-9-12-11;1-2-3-9-11(12)10-7-5-4-6-8-10;1-6-3-2-4-7-5-6;1-2-4-6-5-3-1;;;;;;/h3-6,9-10,12-17H,1-2,7-8H2;1-7,9-11H;2,4-7H,1H3;3-7,10H,1,9H2,2H3;1-3,5-8H;1-3,5-6,9H,4,8H2;1-6,8-9H;2-7,9H,1H2;2-5H,1H3;1-5H;2*1H4;;;;/q3*-1;-2;3*-1;-2;;;;;;;2*+3/b;;;;;;;9-3-;;;;;;;;/i13D,14D,17D;3D,4D,9D,11D;1D3;;;;;;2D,3D;1D,2D;2*1D3;;;;. The molecule has 11 heterocycles. The number of aryl methyl sites for hydroxylation is 2. The number of allylic oxidation sites excluding steroid dienone is 5. The molecule has 10 aromatic carbocycles. The summed E-state index contributed by atoms with van der Waals surface area (Å²) in [6.07, 6.45) is 25.9. The number of thiophene rings is 2. The Balaban J connectivity index is 0.000000238. The van der Waals surface area contributed by atoms with Crippen LogP contribution in [0, 0.1) is 68.2 Å². The molecule has 0 bridgehead atoms. The first-order valence-corrected chi connectivity index (χ1v) is 44.9. The first-order valence-electron chi connectivity index (χ1n) is 52.9. The van der Waals surface area contributed by atoms with E-state index >= 15 is 0 Å². The molecular weight excluding hydrogens is 2460 g/mol. The first-order chi connectivity index (χ1) is 74.2. The number of hydrogen-bond acceptors (Lipinski definition) is 11. The molecule has 0 saturated heterocycles. The normalized spacial score (nSPS) is 13.6. The number of aromatic nitrogens is 6. The quantitative estimate of drug-likeness (QED) is 0.0512. The molecule has 1 fully saturated rings. The second kappa shape index (κ2) is 62.2. The van der Waals surface area contributed by atoms with Gasteiger partial charge in [-0.1, -0.05) is 202 Å². The zero-order chi connectivity index (χ0) is 111. The molecule has 1 saturated carbocycles. The minimum absolute atomic E-state index is 0. The number of benzene rings is 10. The fourth-order valence-electron chi connectivity index (χ4n) is 13.2. The fourth-order valence-corrected chi connectivity index (χ4v) is 16.4. The van der Waals surface area contributed by atoms with Gasteiger partial charge in [-0.3, -0.25) is 15.7 Å². The maximum Gasteiger partial charge on any atom is 3.00 e. The molecule has 10 aromatic heterocycles. The van der Waals surface area contributed by atoms with Crippen molar-refractivity contribution in [1.82, 2.24) is 29.9 Å². The van der Waals surface area contributed by atoms with Crippen LogP contribution in [0.25, 0.3) is 117 Å². The van der Waals surface area contributed by atoms with E-state index in [9.17, 15) is 10.8 Å². The van der Waals surface area contributed by atoms with E-state index in [-0.39, 0.29) is 158 Å². The molecule has 1 unspecified atom stereocenters. The molecular formula is C121H105Ir4N9OS3-4. The van der Waals surface area contributed by atoms with Crippen molar-refractivity contribution in [2.45, 2.75) is 86.2 Å². The third-order valence-electron chi connectivity index (χ3n) is 19.8. The van der Waals surface area contributed by atoms with Crippen LogP contribution in [-0.2, 0) is 80.4 Å². The summed E-state index contributed by atoms with van der Waals surface area (Å²) in [5.74, 6) is -0.463. The van der Waals surface area contributed by atoms with Crippen LogP contribution in [0.2, 0.25) is 0 Å². The number of fused-ring (bicyclic) bond motifs is 10. The van der Waals surface area contributed by atoms with Gasteiger partial charge in [0, 0.05) is 134 Å². The van der Waals surface area contributed by atoms with Crippen molar-refractivity contribution >= 4 is 124 Å². The largest absolute Gasteiger partial charge is 3.00 e. The topological polar surface area (TPSA) is 147 Å². The Morgan fingerprint density at radius 3 is 1.88 bits per heavy atom. The zero-order valence-corrected chi connectivity index (χ0v) is 87.1. The first kappa shape index (κ1) is 84.6. The Morgan fingerprint density at radius 2 is 1.21 bits per heavy atom. The van der Waals surface area contributed by atoms with Gasteiger partial charge in [-0.15, -0.1) is 204 Å². The van der Waals surface area contributed by atoms with E-state index in [1.54, 1.807) is 109 Å². The van der Waals surface area contributed by atoms with Crippen molar-refractivity contribution in [1.29, 1.82) is 0 Å². The third kappa shape index (κ3) is 34.8. The van der Waals surface area contributed by atoms with E-state index < -0.39 is 27.5 Å². The molecule has 1 atom stereocenters. The summed E-state index contributed by atoms with van der Waals surface area (Å²) in [7, 11) is -2.83. The smallest absolute Gasteiger partial charge is 0.859 e. The summed E-state index contributed by atoms with van der Waals surface area (Å²) < 4.78 is 154. The van der Waals surface area contributed by atoms with Crippen LogP contribution in [-0.4, -0.2) is 47.0 Å². The molecule has 0 N–H and O–H groups in total. The monoisotopic (exact) mass is 2590 g/mol. The molecule has 0 spiro atoms. The maximum absolute atomic E-state index is 9.66. The molecule has 2 aliphatic rings. The van der Waals surface area contributed by atoms with E-state index in [0.717, 1.165) is 113 Å². The summed E-state index contributed by atoms with van der Waals surface area (Å²) >= 11 is 4.98. The summed E-state index contributed by atoms with van der Waals surface area (Å²) in [5, 5.41) is 28.8. The molecule has 2 radical (unpaired) electrons. The van der Waals surface area contributed by atoms with Crippen molar-refractivity contribution in [2.75, 3.05) is 0 Å². The van der Waals surface area contributed by atoms with Gasteiger partial charge in [-0.25, -0.2) is 22.0 Å². The van der Waals surface area contributed by atoms with Gasteiger partial charge in [0.05, 0.1) is 13.7 Å². The summed E-state index contributed by atoms with van der Waals surface area (Å²) in [4.78, 5) is 28.5. The molecule has 0 amide bonds. The molecule has 138 heavy (non-hydrogen) atoms. The van der Waals surface area contributed by atoms with Crippen LogP contribution in [0.1, 0.15) is 133 Å². The predicted octanol–water partition coefficient (Wildman–Crippen LogP) is 32.9. The third-order valence-corrected chi connectivity index (χ3v) is 23.1. The molecule has 1 aliphatic carbocycles. The number of aliphatic imine (C=N–C) groups is 1. The Morgan fingerprint density at radius 1 is 0.558 bits per heavy atom. The van der Waals surface area contributed by atoms with Crippen LogP contribution in [0.4, 0.5) is 0 Å². The van der Waals surface area contributed by atoms with Crippen molar-refractivity contribution in [2.24, 2.45) is 10.9 Å². The molecule has 1 aliphatic heterocycles. The number of furan rings is 1. The molecule has 22 rings (SSSR count). The summed E-state index contributed by atoms with van der Waals surface area (Å²) in [6.45, 7) is 8.76. The zero-order valence-electron chi connectivity index (χ0n) is 95.1. The van der Waals surface area contributed by atoms with Gasteiger partial charge in [0.1, 0.15) is 0 Å². The van der Waals surface area contributed by atoms with Gasteiger partial charge in [0.15, 0.2) is 0 Å². The van der Waals surface area contributed by atoms with Crippen LogP contribution >= 0.6 is 34.0 Å². The van der Waals surface area contributed by atoms with Crippen molar-refractivity contribution in [3.63, 3.8) is 0 Å². The van der Waals surface area contributed by atoms with Gasteiger partial charge < -0.3 is 35.2 Å². The predicted molar refractivity (Wildman–Crippen MR) is 572 cm³/mol. The second-order valence-corrected chi connectivity index (χ2v) is 32.1. The average molecular weight is 2590 g/mol. The van der Waals surface area contributed by atoms with Gasteiger partial charge in [0.25, 0.3) is 0 Å². The van der Waals surface area contributed by atoms with Gasteiger partial charge in [0.2, 0.25) is 5.71 Å². The fraction of sp³-hybridized carbons (Fsp3) is 0.116. The Hall–Kier alpha value is -12.7. The molecule has 10 nitrogen and oxygen atoms in total. The number of hydrogen-bond donors (Lipinski definition) is 0. The number of rotatable bonds is 12. The second-order valence-electron chi connectivity index (χ2n) is 29.1. The minimum Gasteiger partial charge on any atom is -0.859 e. The SMILES string of the molecule is C=C/C=C\C(=[N-])c1[c-]cccc1.C=CC(C)CC(=[N-])c1[c-]cccc1.[2H]C([2H])([2H])c1ccc2c(n1)oc1c[c-]ccc12.[2H]C([2H])[2H].[2H]C([2H])[2H].[2H]c1c(C2([2H])CCCC2)cnc(-c2[c-]cccc3ccccc3sc2)c1[2H].[2H]c1ccncc1[2H].[2H]c1cncc(C)c1[2H].[2H]c1nc(-c2[c-]ccc3c2sc2ccccc23)c([2H])c([2H])c1[2H].[Ir+3].[Ir+3].[Ir].[Ir].[c-]1ccc2c(c1)sc1ccccc12.[c-]1ccccc1-c1ccccn1.[c-]1ccccc1C1=NC=CCC1. The van der Waals surface area contributed by atoms with Gasteiger partial charge in [-0.2, -0.15) is 76.3 Å². The Labute approximate surface area is 908 Å². The Kier molecular flexibility index (Phi) is 38.2. The average Bonchev–Trinajstić information content (AvgIpc) is 1.59. The van der Waals surface area contributed by atoms with E-state index in [2.05, 4.69) is 157 Å². The van der Waals surface area contributed by atoms with Crippen LogP contribution < -0.4 is 0 Å². The number of pyridine rings is 6. The van der Waals surface area contributed by atoms with Crippen molar-refractivity contribution in [3.05, 3.63) is 519 Å². The van der Waals surface area contributed by atoms with Crippen LogP contribution in [0.15, 0.2) is 435 Å². The van der Waals surface area contributed by atoms with Gasteiger partial charge in [-0.05, 0) is 167 Å². The van der Waals surface area contributed by atoms with E-state index in [0.29, 0.717) is 57.3 Å². The van der Waals surface area contributed by atoms with Crippen molar-refractivity contribution in [3.8, 4) is 33.8 Å². The maximum atomic E-state index is 9.66. The minimum atomic E-state index is -2.21. The molecule has 17 heteroatoms. The van der Waals surface area contributed by atoms with E-state index in [4.69, 9.17) is 31.8 Å². The summed E-state index contributed by atoms with van der Waals surface area (Å²) in [6, 6.07) is 112. The van der Waals surface area contributed by atoms with Crippen LogP contribution in [0.5, 0.6) is 0 Å². The van der Waals surface area contributed by atoms with Crippen LogP contribution in [0.3, 0.4) is 0 Å². The summed E-state index contributed by atoms with van der Waals surface area (Å²) in [5.41, 5.74) is 10.7. The Bertz CT molecular complexity index is 8020. The van der Waals surface area contributed by atoms with Gasteiger partial charge >= 0.3 is 40.2 Å².